The predicted octanol–water partition coefficient (Wildman–Crippen LogP) is 1.84. The number of hydrogen-bond donors (Lipinski definition) is 2. The second-order valence-electron chi connectivity index (χ2n) is 6.90. The fourth-order valence-electron chi connectivity index (χ4n) is 3.25. The van der Waals surface area contributed by atoms with E-state index >= 15 is 0 Å². The van der Waals surface area contributed by atoms with E-state index in [4.69, 9.17) is 13.9 Å². The number of aromatic nitrogens is 1. The molecule has 2 unspecified atom stereocenters. The van der Waals surface area contributed by atoms with Crippen molar-refractivity contribution < 1.29 is 23.8 Å². The van der Waals surface area contributed by atoms with Crippen molar-refractivity contribution in [2.75, 3.05) is 6.61 Å². The highest BCUT2D eigenvalue weighted by atomic mass is 16.7. The topological polar surface area (TPSA) is 111 Å². The summed E-state index contributed by atoms with van der Waals surface area (Å²) in [6.45, 7) is 3.03. The predicted molar refractivity (Wildman–Crippen MR) is 105 cm³/mol. The average molecular weight is 396 g/mol. The molecule has 0 fully saturated rings. The Balaban J connectivity index is 1.66. The molecule has 0 saturated heterocycles. The summed E-state index contributed by atoms with van der Waals surface area (Å²) in [4.78, 5) is 27.6. The first-order chi connectivity index (χ1) is 13.9. The number of hydrogen-bond acceptors (Lipinski definition) is 7. The Labute approximate surface area is 166 Å². The minimum atomic E-state index is -0.834. The van der Waals surface area contributed by atoms with Crippen molar-refractivity contribution in [3.8, 4) is 17.2 Å². The monoisotopic (exact) mass is 396 g/mol. The van der Waals surface area contributed by atoms with Crippen molar-refractivity contribution in [2.45, 2.75) is 32.3 Å². The minimum absolute atomic E-state index is 0.166. The maximum Gasteiger partial charge on any atom is 0.224 e. The van der Waals surface area contributed by atoms with Gasteiger partial charge in [-0.25, -0.2) is 4.98 Å². The zero-order valence-electron chi connectivity index (χ0n) is 15.9. The number of fused-ring (bicyclic) bond motifs is 2. The number of carbonyl (C=O) groups excluding carboxylic acids is 1. The summed E-state index contributed by atoms with van der Waals surface area (Å²) in [5, 5.41) is 12.3. The molecule has 2 N–H and O–H groups in total. The smallest absolute Gasteiger partial charge is 0.224 e. The summed E-state index contributed by atoms with van der Waals surface area (Å²) in [6, 6.07) is 9.01. The molecule has 8 heteroatoms. The van der Waals surface area contributed by atoms with Crippen LogP contribution in [0.1, 0.15) is 13.8 Å². The first-order valence-corrected chi connectivity index (χ1v) is 9.16. The molecule has 1 aromatic carbocycles. The van der Waals surface area contributed by atoms with Crippen LogP contribution in [-0.2, 0) is 9.53 Å². The van der Waals surface area contributed by atoms with Gasteiger partial charge in [0.25, 0.3) is 0 Å². The Morgan fingerprint density at radius 2 is 2.10 bits per heavy atom. The van der Waals surface area contributed by atoms with Crippen LogP contribution < -0.4 is 15.5 Å². The molecule has 0 saturated carbocycles. The lowest BCUT2D eigenvalue weighted by atomic mass is 10.0. The van der Waals surface area contributed by atoms with Gasteiger partial charge in [-0.3, -0.25) is 9.59 Å². The Morgan fingerprint density at radius 1 is 1.28 bits per heavy atom. The molecular formula is C21H20N2O6. The summed E-state index contributed by atoms with van der Waals surface area (Å²) in [5.74, 6) is 0.591. The number of amides is 1. The van der Waals surface area contributed by atoms with E-state index in [1.165, 1.54) is 19.1 Å². The maximum absolute atomic E-state index is 11.6. The van der Waals surface area contributed by atoms with Gasteiger partial charge in [-0.2, -0.15) is 0 Å². The number of aliphatic hydroxyl groups excluding tert-OH is 1. The summed E-state index contributed by atoms with van der Waals surface area (Å²) < 4.78 is 17.6. The summed E-state index contributed by atoms with van der Waals surface area (Å²) in [6.07, 6.45) is 0.460. The molecule has 8 nitrogen and oxygen atoms in total. The van der Waals surface area contributed by atoms with E-state index in [9.17, 15) is 14.7 Å². The van der Waals surface area contributed by atoms with Gasteiger partial charge in [0.05, 0.1) is 6.61 Å². The molecule has 150 valence electrons. The highest BCUT2D eigenvalue weighted by Crippen LogP contribution is 2.28. The molecule has 29 heavy (non-hydrogen) atoms. The van der Waals surface area contributed by atoms with Gasteiger partial charge in [-0.1, -0.05) is 6.08 Å². The summed E-state index contributed by atoms with van der Waals surface area (Å²) >= 11 is 0. The van der Waals surface area contributed by atoms with Crippen LogP contribution in [0, 0.1) is 0 Å². The van der Waals surface area contributed by atoms with Crippen LogP contribution in [0.5, 0.6) is 5.75 Å². The largest absolute Gasteiger partial charge is 0.462 e. The quantitative estimate of drug-likeness (QED) is 0.511. The molecule has 0 radical (unpaired) electrons. The van der Waals surface area contributed by atoms with Gasteiger partial charge >= 0.3 is 0 Å². The molecule has 3 atom stereocenters. The molecule has 1 amide bonds. The first-order valence-electron chi connectivity index (χ1n) is 9.16. The molecule has 1 aliphatic carbocycles. The fraction of sp³-hybridized carbons (Fsp3) is 0.286. The molecule has 0 aromatic heterocycles. The normalized spacial score (nSPS) is 21.8. The van der Waals surface area contributed by atoms with E-state index in [-0.39, 0.29) is 17.9 Å². The Bertz CT molecular complexity index is 1120. The van der Waals surface area contributed by atoms with Crippen molar-refractivity contribution in [3.63, 3.8) is 0 Å². The van der Waals surface area contributed by atoms with Crippen LogP contribution in [0.2, 0.25) is 0 Å². The SMILES string of the molecule is CC(=O)N[C@H]1C=C(C)C(CO)OC1Oc1ccc2nc3ccc(=O)cc-3oc2c1. The molecule has 2 heterocycles. The van der Waals surface area contributed by atoms with Crippen molar-refractivity contribution in [1.29, 1.82) is 0 Å². The van der Waals surface area contributed by atoms with E-state index in [1.54, 1.807) is 24.3 Å². The second kappa shape index (κ2) is 7.65. The first kappa shape index (κ1) is 19.1. The van der Waals surface area contributed by atoms with E-state index in [0.29, 0.717) is 28.3 Å². The van der Waals surface area contributed by atoms with Gasteiger partial charge in [0.1, 0.15) is 29.1 Å². The van der Waals surface area contributed by atoms with Gasteiger partial charge in [-0.05, 0) is 36.8 Å². The Hall–Kier alpha value is -3.23. The fourth-order valence-corrected chi connectivity index (χ4v) is 3.25. The zero-order chi connectivity index (χ0) is 20.5. The summed E-state index contributed by atoms with van der Waals surface area (Å²) in [7, 11) is 0. The van der Waals surface area contributed by atoms with E-state index < -0.39 is 18.4 Å². The van der Waals surface area contributed by atoms with E-state index in [1.807, 2.05) is 13.0 Å². The number of nitrogens with one attached hydrogen (secondary N) is 1. The average Bonchev–Trinajstić information content (AvgIpc) is 2.68. The van der Waals surface area contributed by atoms with Crippen molar-refractivity contribution in [3.05, 3.63) is 58.3 Å². The van der Waals surface area contributed by atoms with Crippen LogP contribution in [0.15, 0.2) is 57.3 Å². The van der Waals surface area contributed by atoms with Gasteiger partial charge < -0.3 is 24.3 Å². The second-order valence-corrected chi connectivity index (χ2v) is 6.90. The van der Waals surface area contributed by atoms with Crippen molar-refractivity contribution in [2.24, 2.45) is 0 Å². The van der Waals surface area contributed by atoms with Crippen LogP contribution in [0.25, 0.3) is 22.6 Å². The third-order valence-electron chi connectivity index (χ3n) is 4.65. The van der Waals surface area contributed by atoms with Gasteiger partial charge in [-0.15, -0.1) is 0 Å². The lowest BCUT2D eigenvalue weighted by Crippen LogP contribution is -2.50. The van der Waals surface area contributed by atoms with Crippen LogP contribution >= 0.6 is 0 Å². The van der Waals surface area contributed by atoms with Gasteiger partial charge in [0.15, 0.2) is 16.8 Å². The Kier molecular flexibility index (Phi) is 5.04. The zero-order valence-corrected chi connectivity index (χ0v) is 15.9. The maximum atomic E-state index is 11.6. The number of nitrogens with zero attached hydrogens (tertiary/aromatic N) is 1. The minimum Gasteiger partial charge on any atom is -0.462 e. The lowest BCUT2D eigenvalue weighted by molar-refractivity contribution is -0.144. The van der Waals surface area contributed by atoms with Gasteiger partial charge in [0, 0.05) is 19.1 Å². The highest BCUT2D eigenvalue weighted by Gasteiger charge is 2.32. The van der Waals surface area contributed by atoms with Crippen LogP contribution in [0.4, 0.5) is 0 Å². The van der Waals surface area contributed by atoms with Crippen molar-refractivity contribution in [1.82, 2.24) is 10.3 Å². The van der Waals surface area contributed by atoms with Crippen molar-refractivity contribution >= 4 is 17.0 Å². The molecule has 0 spiro atoms. The number of aliphatic hydroxyl groups is 1. The lowest BCUT2D eigenvalue weighted by Gasteiger charge is -2.34. The highest BCUT2D eigenvalue weighted by molar-refractivity contribution is 5.77. The molecule has 1 aromatic rings. The van der Waals surface area contributed by atoms with E-state index in [0.717, 1.165) is 5.57 Å². The number of carbonyl (C=O) groups is 1. The molecule has 2 aliphatic heterocycles. The van der Waals surface area contributed by atoms with Crippen LogP contribution in [-0.4, -0.2) is 41.0 Å². The molecule has 4 rings (SSSR count). The number of benzene rings is 2. The number of ether oxygens (including phenoxy) is 2. The summed E-state index contributed by atoms with van der Waals surface area (Å²) in [5.41, 5.74) is 2.27. The third kappa shape index (κ3) is 3.98. The van der Waals surface area contributed by atoms with Crippen LogP contribution in [0.3, 0.4) is 0 Å². The number of rotatable bonds is 4. The third-order valence-corrected chi connectivity index (χ3v) is 4.65. The van der Waals surface area contributed by atoms with Gasteiger partial charge in [0.2, 0.25) is 12.2 Å². The standard InChI is InChI=1S/C21H20N2O6/c1-11-7-17(22-12(2)25)21(29-20(11)10-24)27-14-4-6-16-19(9-14)28-18-8-13(26)3-5-15(18)23-16/h3-9,17,20-21,24H,10H2,1-2H3,(H,22,25)/t17-,20?,21?/m0/s1. The van der Waals surface area contributed by atoms with E-state index in [2.05, 4.69) is 10.3 Å². The molecule has 3 aliphatic rings. The molecule has 0 bridgehead atoms. The molecular weight excluding hydrogens is 376 g/mol. The Morgan fingerprint density at radius 3 is 2.86 bits per heavy atom.